The Morgan fingerprint density at radius 2 is 1.13 bits per heavy atom. The number of pyridine rings is 1. The van der Waals surface area contributed by atoms with Crippen molar-refractivity contribution in [1.82, 2.24) is 4.57 Å². The molecule has 0 amide bonds. The highest BCUT2D eigenvalue weighted by atomic mass is 16.3. The van der Waals surface area contributed by atoms with Crippen molar-refractivity contribution in [3.05, 3.63) is 167 Å². The maximum atomic E-state index is 7.30. The molecule has 348 valence electrons. The van der Waals surface area contributed by atoms with E-state index in [2.05, 4.69) is 251 Å². The summed E-state index contributed by atoms with van der Waals surface area (Å²) in [7, 11) is 2.12. The average Bonchev–Trinajstić information content (AvgIpc) is 3.85. The van der Waals surface area contributed by atoms with E-state index in [1.807, 2.05) is 0 Å². The summed E-state index contributed by atoms with van der Waals surface area (Å²) in [6, 6.07) is 51.6. The second-order valence-electron chi connectivity index (χ2n) is 24.7. The SMILES string of the molecule is Cc1ccc2c(oc3c(-c4cc5c6c(c4)-n4c7ccc(C(C)(C)C)cc7c7cc(C(C)(C)C)cc(c74)B6c4cc(C(C)(C)C)ccc4N5c4ccc(C(C)(C)C)cc4)cccc32)c1-c1cccc[n+]1C. The van der Waals surface area contributed by atoms with Gasteiger partial charge in [-0.1, -0.05) is 150 Å². The van der Waals surface area contributed by atoms with Gasteiger partial charge in [0.05, 0.1) is 11.1 Å². The van der Waals surface area contributed by atoms with Gasteiger partial charge < -0.3 is 13.9 Å². The first kappa shape index (κ1) is 44.4. The molecule has 0 spiro atoms. The molecule has 0 atom stereocenters. The van der Waals surface area contributed by atoms with Gasteiger partial charge in [0.25, 0.3) is 6.71 Å². The number of hydrogen-bond donors (Lipinski definition) is 0. The molecule has 10 aromatic rings. The van der Waals surface area contributed by atoms with Gasteiger partial charge in [-0.2, -0.15) is 0 Å². The highest BCUT2D eigenvalue weighted by molar-refractivity contribution is 7.00. The molecule has 5 heterocycles. The van der Waals surface area contributed by atoms with Crippen LogP contribution in [0.4, 0.5) is 17.1 Å². The molecule has 12 rings (SSSR count). The van der Waals surface area contributed by atoms with Crippen molar-refractivity contribution in [1.29, 1.82) is 0 Å². The van der Waals surface area contributed by atoms with Gasteiger partial charge >= 0.3 is 0 Å². The molecule has 0 aliphatic carbocycles. The smallest absolute Gasteiger partial charge is 0.252 e. The Kier molecular flexibility index (Phi) is 9.41. The van der Waals surface area contributed by atoms with Crippen molar-refractivity contribution in [2.75, 3.05) is 4.90 Å². The van der Waals surface area contributed by atoms with E-state index < -0.39 is 0 Å². The van der Waals surface area contributed by atoms with E-state index >= 15 is 0 Å². The molecule has 4 nitrogen and oxygen atoms in total. The van der Waals surface area contributed by atoms with Gasteiger partial charge in [0.2, 0.25) is 5.69 Å². The summed E-state index contributed by atoms with van der Waals surface area (Å²) in [5.41, 5.74) is 24.2. The van der Waals surface area contributed by atoms with E-state index in [0.717, 1.165) is 50.0 Å². The minimum absolute atomic E-state index is 0.00992. The van der Waals surface area contributed by atoms with Crippen LogP contribution in [-0.4, -0.2) is 11.3 Å². The lowest BCUT2D eigenvalue weighted by Crippen LogP contribution is -2.60. The van der Waals surface area contributed by atoms with Crippen LogP contribution in [0.1, 0.15) is 111 Å². The van der Waals surface area contributed by atoms with Gasteiger partial charge in [-0.05, 0) is 133 Å². The van der Waals surface area contributed by atoms with E-state index in [-0.39, 0.29) is 28.4 Å². The van der Waals surface area contributed by atoms with Crippen molar-refractivity contribution in [3.8, 4) is 28.1 Å². The molecule has 2 aliphatic heterocycles. The molecular weight excluding hydrogens is 850 g/mol. The highest BCUT2D eigenvalue weighted by Gasteiger charge is 2.44. The monoisotopic (exact) mass is 915 g/mol. The minimum Gasteiger partial charge on any atom is -0.454 e. The molecule has 7 aromatic carbocycles. The number of fused-ring (bicyclic) bond motifs is 10. The van der Waals surface area contributed by atoms with Gasteiger partial charge in [0, 0.05) is 67.5 Å². The highest BCUT2D eigenvalue weighted by Crippen LogP contribution is 2.48. The van der Waals surface area contributed by atoms with E-state index in [1.165, 1.54) is 83.1 Å². The molecule has 2 aliphatic rings. The molecule has 0 N–H and O–H groups in total. The molecule has 70 heavy (non-hydrogen) atoms. The van der Waals surface area contributed by atoms with E-state index in [0.29, 0.717) is 0 Å². The zero-order valence-corrected chi connectivity index (χ0v) is 43.6. The van der Waals surface area contributed by atoms with Crippen molar-refractivity contribution in [2.45, 2.75) is 112 Å². The Morgan fingerprint density at radius 3 is 1.83 bits per heavy atom. The van der Waals surface area contributed by atoms with E-state index in [4.69, 9.17) is 4.42 Å². The average molecular weight is 915 g/mol. The number of aryl methyl sites for hydroxylation is 2. The topological polar surface area (TPSA) is 25.2 Å². The fourth-order valence-corrected chi connectivity index (χ4v) is 11.7. The lowest BCUT2D eigenvalue weighted by molar-refractivity contribution is -0.660. The van der Waals surface area contributed by atoms with Crippen molar-refractivity contribution in [2.24, 2.45) is 7.05 Å². The maximum absolute atomic E-state index is 7.30. The normalized spacial score (nSPS) is 13.8. The van der Waals surface area contributed by atoms with Crippen LogP contribution in [-0.2, 0) is 28.7 Å². The van der Waals surface area contributed by atoms with Gasteiger partial charge in [-0.25, -0.2) is 4.57 Å². The third kappa shape index (κ3) is 6.60. The fourth-order valence-electron chi connectivity index (χ4n) is 11.7. The van der Waals surface area contributed by atoms with E-state index in [9.17, 15) is 0 Å². The number of para-hydroxylation sites is 1. The van der Waals surface area contributed by atoms with Gasteiger partial charge in [0.15, 0.2) is 6.20 Å². The summed E-state index contributed by atoms with van der Waals surface area (Å²) < 4.78 is 12.1. The van der Waals surface area contributed by atoms with Crippen LogP contribution in [0.15, 0.2) is 144 Å². The van der Waals surface area contributed by atoms with Crippen molar-refractivity contribution >= 4 is 83.9 Å². The van der Waals surface area contributed by atoms with Crippen LogP contribution >= 0.6 is 0 Å². The number of rotatable bonds is 3. The summed E-state index contributed by atoms with van der Waals surface area (Å²) in [6.07, 6.45) is 2.12. The Morgan fingerprint density at radius 1 is 0.500 bits per heavy atom. The third-order valence-corrected chi connectivity index (χ3v) is 15.8. The Balaban J connectivity index is 1.24. The number of benzene rings is 7. The zero-order chi connectivity index (χ0) is 49.1. The molecule has 0 unspecified atom stereocenters. The van der Waals surface area contributed by atoms with Crippen LogP contribution in [0.3, 0.4) is 0 Å². The number of aromatic nitrogens is 2. The second-order valence-corrected chi connectivity index (χ2v) is 24.7. The molecule has 3 aromatic heterocycles. The Labute approximate surface area is 414 Å². The lowest BCUT2D eigenvalue weighted by atomic mass is 9.33. The first-order valence-corrected chi connectivity index (χ1v) is 25.3. The zero-order valence-electron chi connectivity index (χ0n) is 43.6. The molecule has 5 heteroatoms. The van der Waals surface area contributed by atoms with E-state index in [1.54, 1.807) is 0 Å². The van der Waals surface area contributed by atoms with Crippen LogP contribution < -0.4 is 25.9 Å². The number of nitrogens with zero attached hydrogens (tertiary/aromatic N) is 3. The van der Waals surface area contributed by atoms with Crippen LogP contribution in [0.2, 0.25) is 0 Å². The molecule has 0 radical (unpaired) electrons. The molecule has 0 bridgehead atoms. The van der Waals surface area contributed by atoms with Gasteiger partial charge in [-0.15, -0.1) is 0 Å². The van der Waals surface area contributed by atoms with Crippen LogP contribution in [0.25, 0.3) is 71.8 Å². The molecule has 0 saturated heterocycles. The molecular formula is C65H65BN3O+. The lowest BCUT2D eigenvalue weighted by Gasteiger charge is -2.41. The molecule has 0 fully saturated rings. The van der Waals surface area contributed by atoms with Gasteiger partial charge in [0.1, 0.15) is 18.2 Å². The van der Waals surface area contributed by atoms with Crippen LogP contribution in [0.5, 0.6) is 0 Å². The van der Waals surface area contributed by atoms with Crippen molar-refractivity contribution in [3.63, 3.8) is 0 Å². The Bertz CT molecular complexity index is 3840. The largest absolute Gasteiger partial charge is 0.454 e. The van der Waals surface area contributed by atoms with Gasteiger partial charge in [-0.3, -0.25) is 0 Å². The quantitative estimate of drug-likeness (QED) is 0.130. The summed E-state index contributed by atoms with van der Waals surface area (Å²) in [4.78, 5) is 2.57. The predicted octanol–water partition coefficient (Wildman–Crippen LogP) is 15.0. The summed E-state index contributed by atoms with van der Waals surface area (Å²) in [6.45, 7) is 30.2. The number of hydrogen-bond acceptors (Lipinski definition) is 2. The standard InChI is InChI=1S/C65H65BN3O/c1-38-21-28-47-46-19-17-18-45(60(46)70-61(47)57(38)54-20-15-16-31-67(54)14)39-32-55-58-56(33-39)69-52-29-24-41(63(5,6)7)34-48(52)49-35-43(65(11,12)13)37-51(59(49)69)66(58)50-36-42(64(8,9)10)25-30-53(50)68(55)44-26-22-40(23-27-44)62(2,3)4/h15-37H,1-14H3/q+1. The summed E-state index contributed by atoms with van der Waals surface area (Å²) in [5, 5.41) is 4.88. The minimum atomic E-state index is -0.0686. The first-order chi connectivity index (χ1) is 33.1. The third-order valence-electron chi connectivity index (χ3n) is 15.8. The number of anilines is 3. The predicted molar refractivity (Wildman–Crippen MR) is 299 cm³/mol. The summed E-state index contributed by atoms with van der Waals surface area (Å²) >= 11 is 0. The Hall–Kier alpha value is -6.85. The van der Waals surface area contributed by atoms with Crippen molar-refractivity contribution < 1.29 is 8.98 Å². The second kappa shape index (κ2) is 14.8. The fraction of sp³-hybridized carbons (Fsp3) is 0.277. The molecule has 0 saturated carbocycles. The summed E-state index contributed by atoms with van der Waals surface area (Å²) in [5.74, 6) is 0. The number of furan rings is 1. The maximum Gasteiger partial charge on any atom is 0.252 e. The van der Waals surface area contributed by atoms with Crippen LogP contribution in [0, 0.1) is 6.92 Å². The first-order valence-electron chi connectivity index (χ1n) is 25.3.